The van der Waals surface area contributed by atoms with E-state index in [1.165, 1.54) is 32.1 Å². The predicted octanol–water partition coefficient (Wildman–Crippen LogP) is 2.21. The summed E-state index contributed by atoms with van der Waals surface area (Å²) in [6, 6.07) is 8.29. The molecular formula is C15H20N2O. The minimum atomic E-state index is -0.351. The molecule has 2 aliphatic carbocycles. The molecule has 2 saturated carbocycles. The van der Waals surface area contributed by atoms with E-state index in [0.29, 0.717) is 17.0 Å². The summed E-state index contributed by atoms with van der Waals surface area (Å²) in [4.78, 5) is 11.1. The van der Waals surface area contributed by atoms with Crippen LogP contribution in [0.2, 0.25) is 0 Å². The van der Waals surface area contributed by atoms with Crippen LogP contribution in [0.15, 0.2) is 24.3 Å². The first-order valence-corrected chi connectivity index (χ1v) is 6.82. The fourth-order valence-electron chi connectivity index (χ4n) is 3.32. The van der Waals surface area contributed by atoms with Gasteiger partial charge in [-0.2, -0.15) is 0 Å². The van der Waals surface area contributed by atoms with Crippen LogP contribution in [0.5, 0.6) is 0 Å². The number of benzene rings is 1. The van der Waals surface area contributed by atoms with Crippen LogP contribution in [0.25, 0.3) is 0 Å². The molecule has 3 rings (SSSR count). The maximum Gasteiger partial charge on any atom is 0.248 e. The van der Waals surface area contributed by atoms with E-state index in [0.717, 1.165) is 12.1 Å². The van der Waals surface area contributed by atoms with Gasteiger partial charge in [0.2, 0.25) is 5.91 Å². The first kappa shape index (κ1) is 11.7. The molecule has 1 aromatic rings. The van der Waals surface area contributed by atoms with Gasteiger partial charge in [-0.1, -0.05) is 18.6 Å². The molecule has 0 bridgehead atoms. The van der Waals surface area contributed by atoms with E-state index in [9.17, 15) is 4.79 Å². The molecule has 3 heteroatoms. The van der Waals surface area contributed by atoms with Gasteiger partial charge >= 0.3 is 0 Å². The van der Waals surface area contributed by atoms with E-state index in [4.69, 9.17) is 5.73 Å². The van der Waals surface area contributed by atoms with Crippen LogP contribution in [-0.4, -0.2) is 11.9 Å². The second-order valence-electron chi connectivity index (χ2n) is 5.75. The third kappa shape index (κ3) is 1.93. The van der Waals surface area contributed by atoms with Crippen molar-refractivity contribution in [3.8, 4) is 0 Å². The largest absolute Gasteiger partial charge is 0.366 e. The SMILES string of the molecule is NC(=O)c1cccc(CNC2CCC23CCC3)c1. The van der Waals surface area contributed by atoms with Gasteiger partial charge in [-0.15, -0.1) is 0 Å². The molecule has 2 aliphatic rings. The average Bonchev–Trinajstić information content (AvgIpc) is 2.26. The summed E-state index contributed by atoms with van der Waals surface area (Å²) >= 11 is 0. The molecule has 1 amide bonds. The lowest BCUT2D eigenvalue weighted by Crippen LogP contribution is -2.56. The fraction of sp³-hybridized carbons (Fsp3) is 0.533. The van der Waals surface area contributed by atoms with Gasteiger partial charge < -0.3 is 11.1 Å². The van der Waals surface area contributed by atoms with Crippen molar-refractivity contribution in [3.63, 3.8) is 0 Å². The van der Waals surface area contributed by atoms with Crippen LogP contribution in [0.1, 0.15) is 48.0 Å². The van der Waals surface area contributed by atoms with Crippen LogP contribution in [0, 0.1) is 5.41 Å². The maximum atomic E-state index is 11.1. The topological polar surface area (TPSA) is 55.1 Å². The minimum Gasteiger partial charge on any atom is -0.366 e. The van der Waals surface area contributed by atoms with Crippen LogP contribution in [0.4, 0.5) is 0 Å². The fourth-order valence-corrected chi connectivity index (χ4v) is 3.32. The molecule has 0 aromatic heterocycles. The highest BCUT2D eigenvalue weighted by Gasteiger charge is 2.50. The van der Waals surface area contributed by atoms with Crippen molar-refractivity contribution in [3.05, 3.63) is 35.4 Å². The van der Waals surface area contributed by atoms with Crippen molar-refractivity contribution in [2.45, 2.75) is 44.7 Å². The normalized spacial score (nSPS) is 24.3. The van der Waals surface area contributed by atoms with Crippen molar-refractivity contribution in [2.75, 3.05) is 0 Å². The van der Waals surface area contributed by atoms with E-state index in [1.54, 1.807) is 6.07 Å². The third-order valence-corrected chi connectivity index (χ3v) is 4.78. The summed E-state index contributed by atoms with van der Waals surface area (Å²) in [5, 5.41) is 3.64. The zero-order valence-electron chi connectivity index (χ0n) is 10.6. The highest BCUT2D eigenvalue weighted by Crippen LogP contribution is 2.55. The summed E-state index contributed by atoms with van der Waals surface area (Å²) < 4.78 is 0. The monoisotopic (exact) mass is 244 g/mol. The number of primary amides is 1. The molecule has 0 radical (unpaired) electrons. The molecule has 0 aliphatic heterocycles. The molecule has 3 N–H and O–H groups in total. The van der Waals surface area contributed by atoms with Crippen molar-refractivity contribution >= 4 is 5.91 Å². The Morgan fingerprint density at radius 1 is 1.39 bits per heavy atom. The van der Waals surface area contributed by atoms with Crippen LogP contribution >= 0.6 is 0 Å². The van der Waals surface area contributed by atoms with Gasteiger partial charge in [0.1, 0.15) is 0 Å². The quantitative estimate of drug-likeness (QED) is 0.853. The van der Waals surface area contributed by atoms with Gasteiger partial charge in [-0.25, -0.2) is 0 Å². The number of hydrogen-bond acceptors (Lipinski definition) is 2. The number of nitrogens with two attached hydrogens (primary N) is 1. The minimum absolute atomic E-state index is 0.351. The Morgan fingerprint density at radius 2 is 2.22 bits per heavy atom. The Bertz CT molecular complexity index is 460. The zero-order valence-corrected chi connectivity index (χ0v) is 10.6. The number of nitrogens with one attached hydrogen (secondary N) is 1. The van der Waals surface area contributed by atoms with Gasteiger partial charge in [0.15, 0.2) is 0 Å². The van der Waals surface area contributed by atoms with Gasteiger partial charge in [-0.3, -0.25) is 4.79 Å². The van der Waals surface area contributed by atoms with Crippen LogP contribution in [0.3, 0.4) is 0 Å². The molecule has 0 heterocycles. The summed E-state index contributed by atoms with van der Waals surface area (Å²) in [5.74, 6) is -0.351. The maximum absolute atomic E-state index is 11.1. The Hall–Kier alpha value is -1.35. The number of rotatable bonds is 4. The smallest absolute Gasteiger partial charge is 0.248 e. The lowest BCUT2D eigenvalue weighted by Gasteiger charge is -2.56. The molecule has 3 nitrogen and oxygen atoms in total. The van der Waals surface area contributed by atoms with Crippen molar-refractivity contribution in [1.29, 1.82) is 0 Å². The molecule has 1 aromatic carbocycles. The molecule has 1 unspecified atom stereocenters. The van der Waals surface area contributed by atoms with Crippen molar-refractivity contribution in [2.24, 2.45) is 11.1 Å². The molecule has 0 saturated heterocycles. The first-order valence-electron chi connectivity index (χ1n) is 6.82. The second kappa shape index (κ2) is 4.39. The Labute approximate surface area is 108 Å². The molecular weight excluding hydrogens is 224 g/mol. The highest BCUT2D eigenvalue weighted by atomic mass is 16.1. The summed E-state index contributed by atoms with van der Waals surface area (Å²) in [7, 11) is 0. The lowest BCUT2D eigenvalue weighted by molar-refractivity contribution is -0.0181. The van der Waals surface area contributed by atoms with Crippen LogP contribution < -0.4 is 11.1 Å². The van der Waals surface area contributed by atoms with E-state index in [-0.39, 0.29) is 5.91 Å². The van der Waals surface area contributed by atoms with Gasteiger partial charge in [0.05, 0.1) is 0 Å². The summed E-state index contributed by atoms with van der Waals surface area (Å²) in [5.41, 5.74) is 7.66. The average molecular weight is 244 g/mol. The Morgan fingerprint density at radius 3 is 2.78 bits per heavy atom. The second-order valence-corrected chi connectivity index (χ2v) is 5.75. The van der Waals surface area contributed by atoms with Crippen molar-refractivity contribution < 1.29 is 4.79 Å². The third-order valence-electron chi connectivity index (χ3n) is 4.78. The zero-order chi connectivity index (χ0) is 12.6. The molecule has 2 fully saturated rings. The van der Waals surface area contributed by atoms with E-state index in [2.05, 4.69) is 5.32 Å². The molecule has 1 spiro atoms. The van der Waals surface area contributed by atoms with Crippen LogP contribution in [-0.2, 0) is 6.54 Å². The van der Waals surface area contributed by atoms with Gasteiger partial charge in [0.25, 0.3) is 0 Å². The predicted molar refractivity (Wildman–Crippen MR) is 71.1 cm³/mol. The standard InChI is InChI=1S/C15H20N2O/c16-14(18)12-4-1-3-11(9-12)10-17-13-5-8-15(13)6-2-7-15/h1,3-4,9,13,17H,2,5-8,10H2,(H2,16,18). The molecule has 1 atom stereocenters. The number of hydrogen-bond donors (Lipinski definition) is 2. The number of carbonyl (C=O) groups is 1. The first-order chi connectivity index (χ1) is 8.70. The van der Waals surface area contributed by atoms with Crippen molar-refractivity contribution in [1.82, 2.24) is 5.32 Å². The van der Waals surface area contributed by atoms with E-state index in [1.807, 2.05) is 18.2 Å². The van der Waals surface area contributed by atoms with E-state index >= 15 is 0 Å². The molecule has 18 heavy (non-hydrogen) atoms. The number of amides is 1. The molecule has 96 valence electrons. The lowest BCUT2D eigenvalue weighted by atomic mass is 9.53. The number of carbonyl (C=O) groups excluding carboxylic acids is 1. The highest BCUT2D eigenvalue weighted by molar-refractivity contribution is 5.92. The van der Waals surface area contributed by atoms with E-state index < -0.39 is 0 Å². The summed E-state index contributed by atoms with van der Waals surface area (Å²) in [6.45, 7) is 0.841. The Balaban J connectivity index is 1.60. The Kier molecular flexibility index (Phi) is 2.86. The van der Waals surface area contributed by atoms with Gasteiger partial charge in [0, 0.05) is 18.2 Å². The van der Waals surface area contributed by atoms with Gasteiger partial charge in [-0.05, 0) is 48.8 Å². The summed E-state index contributed by atoms with van der Waals surface area (Å²) in [6.07, 6.45) is 6.88.